The first-order valence-corrected chi connectivity index (χ1v) is 12.7. The molecule has 0 amide bonds. The number of hydrogen-bond donors (Lipinski definition) is 1. The van der Waals surface area contributed by atoms with Crippen molar-refractivity contribution in [3.8, 4) is 11.3 Å². The number of aromatic amines is 1. The molecule has 0 saturated carbocycles. The van der Waals surface area contributed by atoms with Crippen LogP contribution < -0.4 is 5.01 Å². The Morgan fingerprint density at radius 1 is 0.897 bits per heavy atom. The zero-order valence-corrected chi connectivity index (χ0v) is 21.1. The molecule has 0 fully saturated rings. The number of hydrogen-bond acceptors (Lipinski definition) is 3. The van der Waals surface area contributed by atoms with Gasteiger partial charge in [-0.2, -0.15) is 18.3 Å². The van der Waals surface area contributed by atoms with Crippen LogP contribution in [0.3, 0.4) is 0 Å². The molecule has 4 aromatic rings. The van der Waals surface area contributed by atoms with Crippen LogP contribution in [0.5, 0.6) is 0 Å². The van der Waals surface area contributed by atoms with Gasteiger partial charge in [0.25, 0.3) is 0 Å². The number of alkyl halides is 3. The molecule has 2 aliphatic heterocycles. The molecule has 0 radical (unpaired) electrons. The van der Waals surface area contributed by atoms with E-state index < -0.39 is 23.4 Å². The molecular weight excluding hydrogens is 511 g/mol. The van der Waals surface area contributed by atoms with Gasteiger partial charge in [-0.1, -0.05) is 42.5 Å². The molecule has 2 aliphatic rings. The van der Waals surface area contributed by atoms with Gasteiger partial charge in [-0.15, -0.1) is 0 Å². The predicted molar refractivity (Wildman–Crippen MR) is 140 cm³/mol. The molecular formula is C30H25F5N4. The quantitative estimate of drug-likeness (QED) is 0.278. The maximum Gasteiger partial charge on any atom is 0.417 e. The molecule has 6 rings (SSSR count). The van der Waals surface area contributed by atoms with Gasteiger partial charge in [-0.25, -0.2) is 13.8 Å². The minimum atomic E-state index is -4.52. The van der Waals surface area contributed by atoms with Gasteiger partial charge in [0.1, 0.15) is 17.8 Å². The molecule has 200 valence electrons. The molecule has 1 N–H and O–H groups in total. The van der Waals surface area contributed by atoms with Crippen molar-refractivity contribution < 1.29 is 22.0 Å². The third-order valence-corrected chi connectivity index (χ3v) is 7.47. The number of halogens is 5. The molecule has 3 aromatic carbocycles. The highest BCUT2D eigenvalue weighted by atomic mass is 19.4. The molecule has 0 spiro atoms. The topological polar surface area (TPSA) is 34.6 Å². The van der Waals surface area contributed by atoms with Crippen molar-refractivity contribution in [3.63, 3.8) is 0 Å². The van der Waals surface area contributed by atoms with Gasteiger partial charge in [0.2, 0.25) is 0 Å². The van der Waals surface area contributed by atoms with Crippen LogP contribution in [0.25, 0.3) is 11.3 Å². The standard InChI is InChI=1S/C30H25F5N4/c1-18-28(15-26(36-18)23-11-10-21(31)14-25(23)32)39-29(38-13-12-19-6-2-3-7-20(19)17-38)16-27(37-39)22-8-4-5-9-24(22)30(33,34)35/h2-11,14-15,29,36H,12-13,16-17H2,1H3. The highest BCUT2D eigenvalue weighted by Gasteiger charge is 2.40. The summed E-state index contributed by atoms with van der Waals surface area (Å²) in [5.74, 6) is -1.39. The maximum absolute atomic E-state index is 14.6. The zero-order valence-electron chi connectivity index (χ0n) is 21.1. The van der Waals surface area contributed by atoms with Crippen LogP contribution >= 0.6 is 0 Å². The van der Waals surface area contributed by atoms with Crippen molar-refractivity contribution in [2.45, 2.75) is 38.7 Å². The average Bonchev–Trinajstić information content (AvgIpc) is 3.51. The molecule has 0 bridgehead atoms. The number of nitrogens with zero attached hydrogens (tertiary/aromatic N) is 3. The minimum Gasteiger partial charge on any atom is -0.357 e. The molecule has 1 aromatic heterocycles. The summed E-state index contributed by atoms with van der Waals surface area (Å²) in [7, 11) is 0. The zero-order chi connectivity index (χ0) is 27.3. The van der Waals surface area contributed by atoms with Crippen molar-refractivity contribution in [1.82, 2.24) is 9.88 Å². The van der Waals surface area contributed by atoms with Crippen molar-refractivity contribution in [2.75, 3.05) is 11.6 Å². The van der Waals surface area contributed by atoms with E-state index >= 15 is 0 Å². The van der Waals surface area contributed by atoms with Crippen LogP contribution in [0.4, 0.5) is 27.6 Å². The lowest BCUT2D eigenvalue weighted by molar-refractivity contribution is -0.137. The lowest BCUT2D eigenvalue weighted by Gasteiger charge is -2.37. The lowest BCUT2D eigenvalue weighted by atomic mass is 9.97. The van der Waals surface area contributed by atoms with Crippen molar-refractivity contribution in [2.24, 2.45) is 5.10 Å². The molecule has 39 heavy (non-hydrogen) atoms. The third-order valence-electron chi connectivity index (χ3n) is 7.47. The Bertz CT molecular complexity index is 1570. The first-order chi connectivity index (χ1) is 18.7. The summed E-state index contributed by atoms with van der Waals surface area (Å²) in [6.07, 6.45) is -3.79. The summed E-state index contributed by atoms with van der Waals surface area (Å²) in [5.41, 5.74) is 4.01. The monoisotopic (exact) mass is 536 g/mol. The summed E-state index contributed by atoms with van der Waals surface area (Å²) in [5, 5.41) is 6.50. The van der Waals surface area contributed by atoms with Gasteiger partial charge in [-0.3, -0.25) is 4.90 Å². The van der Waals surface area contributed by atoms with E-state index in [1.165, 1.54) is 35.4 Å². The van der Waals surface area contributed by atoms with Crippen LogP contribution in [0.2, 0.25) is 0 Å². The Balaban J connectivity index is 1.43. The number of H-pyrrole nitrogens is 1. The van der Waals surface area contributed by atoms with Crippen LogP contribution in [-0.2, 0) is 19.1 Å². The van der Waals surface area contributed by atoms with Gasteiger partial charge in [0.15, 0.2) is 0 Å². The largest absolute Gasteiger partial charge is 0.417 e. The van der Waals surface area contributed by atoms with E-state index in [-0.39, 0.29) is 23.7 Å². The number of fused-ring (bicyclic) bond motifs is 1. The Morgan fingerprint density at radius 2 is 1.64 bits per heavy atom. The smallest absolute Gasteiger partial charge is 0.357 e. The number of aromatic nitrogens is 1. The fourth-order valence-electron chi connectivity index (χ4n) is 5.55. The first kappa shape index (κ1) is 25.3. The Labute approximate surface area is 222 Å². The second-order valence-electron chi connectivity index (χ2n) is 9.93. The number of anilines is 1. The van der Waals surface area contributed by atoms with Crippen molar-refractivity contribution >= 4 is 11.4 Å². The minimum absolute atomic E-state index is 0.0490. The summed E-state index contributed by atoms with van der Waals surface area (Å²) >= 11 is 0. The summed E-state index contributed by atoms with van der Waals surface area (Å²) in [4.78, 5) is 5.38. The second kappa shape index (κ2) is 9.64. The van der Waals surface area contributed by atoms with E-state index in [2.05, 4.69) is 22.0 Å². The Kier molecular flexibility index (Phi) is 6.26. The predicted octanol–water partition coefficient (Wildman–Crippen LogP) is 7.29. The van der Waals surface area contributed by atoms with E-state index in [0.29, 0.717) is 35.9 Å². The van der Waals surface area contributed by atoms with E-state index in [1.807, 2.05) is 12.1 Å². The van der Waals surface area contributed by atoms with Gasteiger partial charge >= 0.3 is 6.18 Å². The Hall–Kier alpha value is -3.98. The van der Waals surface area contributed by atoms with Crippen molar-refractivity contribution in [3.05, 3.63) is 112 Å². The first-order valence-electron chi connectivity index (χ1n) is 12.7. The van der Waals surface area contributed by atoms with E-state index in [4.69, 9.17) is 5.10 Å². The molecule has 0 aliphatic carbocycles. The molecule has 1 atom stereocenters. The lowest BCUT2D eigenvalue weighted by Crippen LogP contribution is -2.46. The highest BCUT2D eigenvalue weighted by molar-refractivity contribution is 6.04. The van der Waals surface area contributed by atoms with Gasteiger partial charge in [0.05, 0.1) is 22.7 Å². The summed E-state index contributed by atoms with van der Waals surface area (Å²) in [6, 6.07) is 18.7. The third kappa shape index (κ3) is 4.71. The van der Waals surface area contributed by atoms with Crippen LogP contribution in [0.1, 0.15) is 34.4 Å². The van der Waals surface area contributed by atoms with Crippen molar-refractivity contribution in [1.29, 1.82) is 0 Å². The SMILES string of the molecule is Cc1[nH]c(-c2ccc(F)cc2F)cc1N1N=C(c2ccccc2C(F)(F)F)CC1N1CCc2ccccc2C1. The van der Waals surface area contributed by atoms with Crippen LogP contribution in [-0.4, -0.2) is 28.3 Å². The van der Waals surface area contributed by atoms with Crippen LogP contribution in [0.15, 0.2) is 77.9 Å². The fourth-order valence-corrected chi connectivity index (χ4v) is 5.55. The fraction of sp³-hybridized carbons (Fsp3) is 0.233. The number of hydrazone groups is 1. The maximum atomic E-state index is 14.6. The number of aryl methyl sites for hydroxylation is 1. The molecule has 3 heterocycles. The molecule has 1 unspecified atom stereocenters. The van der Waals surface area contributed by atoms with Gasteiger partial charge < -0.3 is 4.98 Å². The second-order valence-corrected chi connectivity index (χ2v) is 9.93. The van der Waals surface area contributed by atoms with Gasteiger partial charge in [0, 0.05) is 42.4 Å². The molecule has 0 saturated heterocycles. The number of nitrogens with one attached hydrogen (secondary N) is 1. The summed E-state index contributed by atoms with van der Waals surface area (Å²) in [6.45, 7) is 3.15. The normalized spacial score (nSPS) is 17.8. The van der Waals surface area contributed by atoms with E-state index in [1.54, 1.807) is 24.1 Å². The highest BCUT2D eigenvalue weighted by Crippen LogP contribution is 2.39. The van der Waals surface area contributed by atoms with Crippen LogP contribution in [0, 0.1) is 18.6 Å². The number of rotatable bonds is 4. The average molecular weight is 537 g/mol. The number of benzene rings is 3. The van der Waals surface area contributed by atoms with E-state index in [0.717, 1.165) is 18.6 Å². The molecule has 9 heteroatoms. The molecule has 4 nitrogen and oxygen atoms in total. The Morgan fingerprint density at radius 3 is 2.41 bits per heavy atom. The van der Waals surface area contributed by atoms with Gasteiger partial charge in [-0.05, 0) is 48.7 Å². The van der Waals surface area contributed by atoms with E-state index in [9.17, 15) is 22.0 Å². The summed E-state index contributed by atoms with van der Waals surface area (Å²) < 4.78 is 69.8.